The average molecular weight is 468 g/mol. The Kier molecular flexibility index (Phi) is 7.31. The van der Waals surface area contributed by atoms with Crippen molar-refractivity contribution >= 4 is 17.9 Å². The van der Waals surface area contributed by atoms with Crippen molar-refractivity contribution in [3.8, 4) is 5.75 Å². The van der Waals surface area contributed by atoms with Crippen LogP contribution in [-0.4, -0.2) is 47.0 Å². The molecule has 1 unspecified atom stereocenters. The van der Waals surface area contributed by atoms with Gasteiger partial charge in [-0.15, -0.1) is 0 Å². The number of halogens is 3. The molecule has 8 nitrogen and oxygen atoms in total. The molecule has 180 valence electrons. The quantitative estimate of drug-likeness (QED) is 0.589. The zero-order valence-electron chi connectivity index (χ0n) is 19.0. The minimum absolute atomic E-state index is 0.148. The van der Waals surface area contributed by atoms with E-state index in [2.05, 4.69) is 20.0 Å². The molecule has 2 aromatic rings. The standard InChI is InChI=1S/C22H27F3N4O4/c1-12(15-7-6-14(10-16(15)23)32-19(24)25)27-20-26-9-8-18(28-20)29-17(11-31-21(29)30)13(2)33-22(3,4)5/h6-10,12-13,17,19H,11H2,1-5H3,(H,26,27,28)/t12-,13+,17?/m0/s1. The number of nitrogens with one attached hydrogen (secondary N) is 1. The minimum atomic E-state index is -3.04. The summed E-state index contributed by atoms with van der Waals surface area (Å²) in [5.41, 5.74) is -0.207. The maximum absolute atomic E-state index is 14.4. The van der Waals surface area contributed by atoms with Crippen LogP contribution in [0.2, 0.25) is 0 Å². The monoisotopic (exact) mass is 468 g/mol. The zero-order chi connectivity index (χ0) is 24.3. The number of benzene rings is 1. The predicted molar refractivity (Wildman–Crippen MR) is 115 cm³/mol. The van der Waals surface area contributed by atoms with Crippen molar-refractivity contribution in [1.82, 2.24) is 9.97 Å². The van der Waals surface area contributed by atoms with Crippen LogP contribution in [0, 0.1) is 5.82 Å². The fourth-order valence-corrected chi connectivity index (χ4v) is 3.54. The molecule has 1 aliphatic heterocycles. The Morgan fingerprint density at radius 3 is 2.61 bits per heavy atom. The molecule has 0 spiro atoms. The summed E-state index contributed by atoms with van der Waals surface area (Å²) in [7, 11) is 0. The van der Waals surface area contributed by atoms with Crippen LogP contribution in [0.5, 0.6) is 5.75 Å². The minimum Gasteiger partial charge on any atom is -0.447 e. The Labute approximate surface area is 190 Å². The van der Waals surface area contributed by atoms with Gasteiger partial charge in [0.1, 0.15) is 30.0 Å². The molecule has 1 aliphatic rings. The number of rotatable bonds is 8. The lowest BCUT2D eigenvalue weighted by Gasteiger charge is -2.31. The van der Waals surface area contributed by atoms with Gasteiger partial charge in [0.25, 0.3) is 0 Å². The van der Waals surface area contributed by atoms with E-state index in [0.717, 1.165) is 6.07 Å². The van der Waals surface area contributed by atoms with Crippen molar-refractivity contribution in [3.05, 3.63) is 41.8 Å². The molecule has 11 heteroatoms. The summed E-state index contributed by atoms with van der Waals surface area (Å²) in [6.45, 7) is 6.39. The molecule has 3 rings (SSSR count). The predicted octanol–water partition coefficient (Wildman–Crippen LogP) is 4.92. The number of alkyl halides is 2. The van der Waals surface area contributed by atoms with Crippen LogP contribution in [-0.2, 0) is 9.47 Å². The Balaban J connectivity index is 1.77. The number of anilines is 2. The van der Waals surface area contributed by atoms with Crippen LogP contribution in [0.3, 0.4) is 0 Å². The number of nitrogens with zero attached hydrogens (tertiary/aromatic N) is 3. The van der Waals surface area contributed by atoms with E-state index in [0.29, 0.717) is 5.82 Å². The number of aromatic nitrogens is 2. The Hall–Kier alpha value is -3.08. The molecule has 1 N–H and O–H groups in total. The summed E-state index contributed by atoms with van der Waals surface area (Å²) in [6, 6.07) is 4.05. The van der Waals surface area contributed by atoms with E-state index in [1.807, 2.05) is 27.7 Å². The molecular weight excluding hydrogens is 441 g/mol. The molecule has 1 fully saturated rings. The third kappa shape index (κ3) is 6.25. The maximum Gasteiger partial charge on any atom is 0.416 e. The van der Waals surface area contributed by atoms with E-state index in [1.54, 1.807) is 13.0 Å². The summed E-state index contributed by atoms with van der Waals surface area (Å²) in [6.07, 6.45) is 0.582. The van der Waals surface area contributed by atoms with E-state index in [1.165, 1.54) is 23.2 Å². The van der Waals surface area contributed by atoms with Gasteiger partial charge in [0.2, 0.25) is 5.95 Å². The number of hydrogen-bond donors (Lipinski definition) is 1. The summed E-state index contributed by atoms with van der Waals surface area (Å²) >= 11 is 0. The molecule has 3 atom stereocenters. The van der Waals surface area contributed by atoms with E-state index in [9.17, 15) is 18.0 Å². The van der Waals surface area contributed by atoms with Crippen molar-refractivity contribution < 1.29 is 32.2 Å². The first-order chi connectivity index (χ1) is 15.4. The molecule has 2 heterocycles. The van der Waals surface area contributed by atoms with Gasteiger partial charge in [-0.25, -0.2) is 14.2 Å². The number of cyclic esters (lactones) is 1. The van der Waals surface area contributed by atoms with Crippen molar-refractivity contribution in [3.63, 3.8) is 0 Å². The van der Waals surface area contributed by atoms with Gasteiger partial charge >= 0.3 is 12.7 Å². The highest BCUT2D eigenvalue weighted by molar-refractivity contribution is 5.89. The number of carbonyl (C=O) groups is 1. The van der Waals surface area contributed by atoms with Gasteiger partial charge in [0.15, 0.2) is 0 Å². The lowest BCUT2D eigenvalue weighted by Crippen LogP contribution is -2.45. The van der Waals surface area contributed by atoms with E-state index in [4.69, 9.17) is 9.47 Å². The highest BCUT2D eigenvalue weighted by atomic mass is 19.3. The van der Waals surface area contributed by atoms with E-state index in [-0.39, 0.29) is 30.0 Å². The molecule has 1 saturated heterocycles. The first-order valence-electron chi connectivity index (χ1n) is 10.4. The van der Waals surface area contributed by atoms with Crippen LogP contribution in [0.15, 0.2) is 30.5 Å². The fraction of sp³-hybridized carbons (Fsp3) is 0.500. The molecular formula is C22H27F3N4O4. The van der Waals surface area contributed by atoms with Crippen molar-refractivity contribution in [2.45, 2.75) is 65.0 Å². The SMILES string of the molecule is C[C@H](Nc1nccc(N2C(=O)OCC2[C@@H](C)OC(C)(C)C)n1)c1ccc(OC(F)F)cc1F. The first kappa shape index (κ1) is 24.6. The van der Waals surface area contributed by atoms with Gasteiger partial charge in [0, 0.05) is 17.8 Å². The topological polar surface area (TPSA) is 85.8 Å². The average Bonchev–Trinajstić information content (AvgIpc) is 3.08. The van der Waals surface area contributed by atoms with Crippen LogP contribution in [0.1, 0.15) is 46.2 Å². The van der Waals surface area contributed by atoms with E-state index >= 15 is 0 Å². The third-order valence-electron chi connectivity index (χ3n) is 4.88. The summed E-state index contributed by atoms with van der Waals surface area (Å²) in [4.78, 5) is 22.3. The number of amides is 1. The van der Waals surface area contributed by atoms with Gasteiger partial charge in [-0.05, 0) is 46.8 Å². The number of ether oxygens (including phenoxy) is 3. The summed E-state index contributed by atoms with van der Waals surface area (Å²) in [5, 5.41) is 2.96. The van der Waals surface area contributed by atoms with E-state index < -0.39 is 36.2 Å². The fourth-order valence-electron chi connectivity index (χ4n) is 3.54. The van der Waals surface area contributed by atoms with Gasteiger partial charge in [-0.1, -0.05) is 6.07 Å². The molecule has 0 radical (unpaired) electrons. The Bertz CT molecular complexity index is 986. The molecule has 33 heavy (non-hydrogen) atoms. The second-order valence-electron chi connectivity index (χ2n) is 8.62. The molecule has 1 aromatic carbocycles. The first-order valence-corrected chi connectivity index (χ1v) is 10.4. The van der Waals surface area contributed by atoms with Crippen molar-refractivity contribution in [2.75, 3.05) is 16.8 Å². The molecule has 0 bridgehead atoms. The van der Waals surface area contributed by atoms with Gasteiger partial charge in [-0.2, -0.15) is 13.8 Å². The summed E-state index contributed by atoms with van der Waals surface area (Å²) in [5.74, 6) is -0.546. The smallest absolute Gasteiger partial charge is 0.416 e. The second-order valence-corrected chi connectivity index (χ2v) is 8.62. The van der Waals surface area contributed by atoms with Gasteiger partial charge in [-0.3, -0.25) is 4.90 Å². The molecule has 0 saturated carbocycles. The Morgan fingerprint density at radius 1 is 1.24 bits per heavy atom. The van der Waals surface area contributed by atoms with Crippen LogP contribution in [0.25, 0.3) is 0 Å². The maximum atomic E-state index is 14.4. The van der Waals surface area contributed by atoms with Crippen molar-refractivity contribution in [1.29, 1.82) is 0 Å². The number of carbonyl (C=O) groups excluding carboxylic acids is 1. The highest BCUT2D eigenvalue weighted by Gasteiger charge is 2.40. The van der Waals surface area contributed by atoms with Gasteiger partial charge in [0.05, 0.1) is 17.7 Å². The lowest BCUT2D eigenvalue weighted by atomic mass is 10.1. The normalized spacial score (nSPS) is 18.3. The van der Waals surface area contributed by atoms with Gasteiger partial charge < -0.3 is 19.5 Å². The van der Waals surface area contributed by atoms with Crippen LogP contribution < -0.4 is 15.0 Å². The highest BCUT2D eigenvalue weighted by Crippen LogP contribution is 2.28. The van der Waals surface area contributed by atoms with Crippen LogP contribution >= 0.6 is 0 Å². The molecule has 1 amide bonds. The largest absolute Gasteiger partial charge is 0.447 e. The summed E-state index contributed by atoms with van der Waals surface area (Å²) < 4.78 is 54.5. The molecule has 0 aliphatic carbocycles. The van der Waals surface area contributed by atoms with Crippen molar-refractivity contribution in [2.24, 2.45) is 0 Å². The second kappa shape index (κ2) is 9.82. The molecule has 1 aromatic heterocycles. The zero-order valence-corrected chi connectivity index (χ0v) is 19.0. The van der Waals surface area contributed by atoms with Crippen LogP contribution in [0.4, 0.5) is 29.7 Å². The Morgan fingerprint density at radius 2 is 1.97 bits per heavy atom. The lowest BCUT2D eigenvalue weighted by molar-refractivity contribution is -0.0618. The third-order valence-corrected chi connectivity index (χ3v) is 4.88. The number of hydrogen-bond acceptors (Lipinski definition) is 7.